The Labute approximate surface area is 105 Å². The van der Waals surface area contributed by atoms with Crippen LogP contribution in [0.5, 0.6) is 0 Å². The number of nitrogens with two attached hydrogens (primary N) is 1. The fourth-order valence-electron chi connectivity index (χ4n) is 2.33. The largest absolute Gasteiger partial charge is 0.395 e. The molecule has 4 nitrogen and oxygen atoms in total. The normalized spacial score (nSPS) is 11.2. The first kappa shape index (κ1) is 10.9. The molecule has 2 aromatic heterocycles. The Morgan fingerprint density at radius 2 is 2.11 bits per heavy atom. The lowest BCUT2D eigenvalue weighted by Crippen LogP contribution is -1.93. The van der Waals surface area contributed by atoms with Gasteiger partial charge in [0.1, 0.15) is 0 Å². The van der Waals surface area contributed by atoms with Gasteiger partial charge in [0.2, 0.25) is 0 Å². The van der Waals surface area contributed by atoms with Crippen LogP contribution in [0.25, 0.3) is 10.9 Å². The van der Waals surface area contributed by atoms with Gasteiger partial charge in [0.25, 0.3) is 0 Å². The second-order valence-corrected chi connectivity index (χ2v) is 4.49. The molecule has 0 unspecified atom stereocenters. The van der Waals surface area contributed by atoms with Crippen molar-refractivity contribution in [3.63, 3.8) is 0 Å². The number of fused-ring (bicyclic) bond motifs is 1. The van der Waals surface area contributed by atoms with Gasteiger partial charge in [-0.2, -0.15) is 0 Å². The first-order chi connectivity index (χ1) is 8.75. The zero-order valence-electron chi connectivity index (χ0n) is 10.3. The van der Waals surface area contributed by atoms with Crippen molar-refractivity contribution in [2.75, 3.05) is 5.73 Å². The van der Waals surface area contributed by atoms with Crippen molar-refractivity contribution in [1.29, 1.82) is 0 Å². The van der Waals surface area contributed by atoms with E-state index in [-0.39, 0.29) is 0 Å². The molecule has 2 heterocycles. The maximum atomic E-state index is 5.76. The van der Waals surface area contributed by atoms with Gasteiger partial charge in [0, 0.05) is 30.6 Å². The number of rotatable bonds is 3. The highest BCUT2D eigenvalue weighted by atomic mass is 16.5. The number of anilines is 1. The van der Waals surface area contributed by atoms with Crippen molar-refractivity contribution < 1.29 is 4.52 Å². The fourth-order valence-corrected chi connectivity index (χ4v) is 2.33. The summed E-state index contributed by atoms with van der Waals surface area (Å²) in [5.41, 5.74) is 8.95. The van der Waals surface area contributed by atoms with Gasteiger partial charge in [-0.15, -0.1) is 0 Å². The first-order valence-corrected chi connectivity index (χ1v) is 5.97. The monoisotopic (exact) mass is 241 g/mol. The standard InChI is InChI=1S/C14H15N3O/c1-17-9-10(11-4-2-3-5-13(11)17)6-7-14-12(15)8-16-18-14/h2-5,8-9H,6-7,15H2,1H3. The van der Waals surface area contributed by atoms with E-state index >= 15 is 0 Å². The molecule has 4 heteroatoms. The zero-order valence-corrected chi connectivity index (χ0v) is 10.3. The zero-order chi connectivity index (χ0) is 12.5. The van der Waals surface area contributed by atoms with Crippen LogP contribution in [0.2, 0.25) is 0 Å². The van der Waals surface area contributed by atoms with E-state index in [1.807, 2.05) is 0 Å². The fraction of sp³-hybridized carbons (Fsp3) is 0.214. The van der Waals surface area contributed by atoms with Gasteiger partial charge in [-0.3, -0.25) is 0 Å². The lowest BCUT2D eigenvalue weighted by atomic mass is 10.1. The molecule has 0 saturated carbocycles. The maximum absolute atomic E-state index is 5.76. The minimum atomic E-state index is 0.634. The summed E-state index contributed by atoms with van der Waals surface area (Å²) in [6.45, 7) is 0. The van der Waals surface area contributed by atoms with Crippen molar-refractivity contribution >= 4 is 16.6 Å². The molecule has 0 atom stereocenters. The van der Waals surface area contributed by atoms with Crippen LogP contribution in [0, 0.1) is 0 Å². The van der Waals surface area contributed by atoms with Crippen LogP contribution < -0.4 is 5.73 Å². The lowest BCUT2D eigenvalue weighted by molar-refractivity contribution is 0.384. The molecule has 92 valence electrons. The van der Waals surface area contributed by atoms with Crippen molar-refractivity contribution in [3.8, 4) is 0 Å². The van der Waals surface area contributed by atoms with E-state index in [1.54, 1.807) is 6.20 Å². The van der Waals surface area contributed by atoms with Gasteiger partial charge in [-0.05, 0) is 18.1 Å². The highest BCUT2D eigenvalue weighted by Gasteiger charge is 2.09. The molecule has 0 aliphatic carbocycles. The third-order valence-electron chi connectivity index (χ3n) is 3.28. The summed E-state index contributed by atoms with van der Waals surface area (Å²) in [6, 6.07) is 8.39. The molecular formula is C14H15N3O. The van der Waals surface area contributed by atoms with Crippen LogP contribution in [0.15, 0.2) is 41.2 Å². The van der Waals surface area contributed by atoms with Crippen molar-refractivity contribution in [2.45, 2.75) is 12.8 Å². The predicted molar refractivity (Wildman–Crippen MR) is 71.2 cm³/mol. The molecule has 0 aliphatic rings. The van der Waals surface area contributed by atoms with E-state index in [2.05, 4.69) is 47.2 Å². The van der Waals surface area contributed by atoms with E-state index in [9.17, 15) is 0 Å². The summed E-state index contributed by atoms with van der Waals surface area (Å²) < 4.78 is 7.27. The van der Waals surface area contributed by atoms with Gasteiger partial charge in [0.05, 0.1) is 11.9 Å². The van der Waals surface area contributed by atoms with Crippen LogP contribution in [0.4, 0.5) is 5.69 Å². The van der Waals surface area contributed by atoms with Gasteiger partial charge in [0.15, 0.2) is 5.76 Å². The predicted octanol–water partition coefficient (Wildman–Crippen LogP) is 2.53. The third kappa shape index (κ3) is 1.76. The van der Waals surface area contributed by atoms with E-state index in [0.717, 1.165) is 18.6 Å². The number of aromatic nitrogens is 2. The van der Waals surface area contributed by atoms with Crippen LogP contribution in [0.3, 0.4) is 0 Å². The van der Waals surface area contributed by atoms with Crippen LogP contribution in [-0.4, -0.2) is 9.72 Å². The second-order valence-electron chi connectivity index (χ2n) is 4.49. The van der Waals surface area contributed by atoms with Crippen molar-refractivity contribution in [1.82, 2.24) is 9.72 Å². The van der Waals surface area contributed by atoms with Gasteiger partial charge >= 0.3 is 0 Å². The van der Waals surface area contributed by atoms with Gasteiger partial charge in [-0.25, -0.2) is 0 Å². The lowest BCUT2D eigenvalue weighted by Gasteiger charge is -1.97. The maximum Gasteiger partial charge on any atom is 0.159 e. The Morgan fingerprint density at radius 3 is 2.89 bits per heavy atom. The molecule has 2 N–H and O–H groups in total. The Bertz CT molecular complexity index is 681. The molecule has 0 fully saturated rings. The summed E-state index contributed by atoms with van der Waals surface area (Å²) in [4.78, 5) is 0. The summed E-state index contributed by atoms with van der Waals surface area (Å²) in [5, 5.41) is 4.99. The highest BCUT2D eigenvalue weighted by Crippen LogP contribution is 2.22. The number of benzene rings is 1. The molecule has 3 rings (SSSR count). The second kappa shape index (κ2) is 4.22. The van der Waals surface area contributed by atoms with Crippen LogP contribution in [0.1, 0.15) is 11.3 Å². The highest BCUT2D eigenvalue weighted by molar-refractivity contribution is 5.83. The number of aryl methyl sites for hydroxylation is 3. The summed E-state index contributed by atoms with van der Waals surface area (Å²) in [5.74, 6) is 0.767. The minimum Gasteiger partial charge on any atom is -0.395 e. The molecule has 0 amide bonds. The molecule has 1 aromatic carbocycles. The van der Waals surface area contributed by atoms with Gasteiger partial charge in [-0.1, -0.05) is 23.4 Å². The number of nitrogens with zero attached hydrogens (tertiary/aromatic N) is 2. The first-order valence-electron chi connectivity index (χ1n) is 5.97. The van der Waals surface area contributed by atoms with Gasteiger partial charge < -0.3 is 14.8 Å². The van der Waals surface area contributed by atoms with Crippen molar-refractivity contribution in [2.24, 2.45) is 7.05 Å². The molecule has 18 heavy (non-hydrogen) atoms. The van der Waals surface area contributed by atoms with E-state index < -0.39 is 0 Å². The smallest absolute Gasteiger partial charge is 0.159 e. The van der Waals surface area contributed by atoms with Crippen LogP contribution in [-0.2, 0) is 19.9 Å². The topological polar surface area (TPSA) is 57.0 Å². The van der Waals surface area contributed by atoms with E-state index in [0.29, 0.717) is 5.69 Å². The number of hydrogen-bond donors (Lipinski definition) is 1. The molecule has 0 aliphatic heterocycles. The van der Waals surface area contributed by atoms with Crippen LogP contribution >= 0.6 is 0 Å². The summed E-state index contributed by atoms with van der Waals surface area (Å²) >= 11 is 0. The molecule has 0 bridgehead atoms. The average molecular weight is 241 g/mol. The number of nitrogen functional groups attached to an aromatic ring is 1. The summed E-state index contributed by atoms with van der Waals surface area (Å²) in [6.07, 6.45) is 5.40. The minimum absolute atomic E-state index is 0.634. The Kier molecular flexibility index (Phi) is 2.55. The Morgan fingerprint density at radius 1 is 1.28 bits per heavy atom. The number of hydrogen-bond acceptors (Lipinski definition) is 3. The average Bonchev–Trinajstić information content (AvgIpc) is 2.92. The molecular weight excluding hydrogens is 226 g/mol. The molecule has 0 radical (unpaired) electrons. The quantitative estimate of drug-likeness (QED) is 0.766. The van der Waals surface area contributed by atoms with Crippen molar-refractivity contribution in [3.05, 3.63) is 48.0 Å². The Hall–Kier alpha value is -2.23. The van der Waals surface area contributed by atoms with E-state index in [1.165, 1.54) is 16.5 Å². The molecule has 3 aromatic rings. The SMILES string of the molecule is Cn1cc(CCc2oncc2N)c2ccccc21. The molecule has 0 saturated heterocycles. The van der Waals surface area contributed by atoms with E-state index in [4.69, 9.17) is 10.3 Å². The Balaban J connectivity index is 1.89. The third-order valence-corrected chi connectivity index (χ3v) is 3.28. The number of para-hydroxylation sites is 1. The summed E-state index contributed by atoms with van der Waals surface area (Å²) in [7, 11) is 2.06. The molecule has 0 spiro atoms.